The van der Waals surface area contributed by atoms with Gasteiger partial charge in [0.1, 0.15) is 12.1 Å². The van der Waals surface area contributed by atoms with Gasteiger partial charge in [-0.25, -0.2) is 9.97 Å². The fourth-order valence-corrected chi connectivity index (χ4v) is 4.47. The monoisotopic (exact) mass is 358 g/mol. The third-order valence-corrected chi connectivity index (χ3v) is 6.36. The minimum Gasteiger partial charge on any atom is -0.379 e. The number of carbonyl (C=O) groups is 1. The van der Waals surface area contributed by atoms with Crippen molar-refractivity contribution < 1.29 is 9.53 Å². The summed E-state index contributed by atoms with van der Waals surface area (Å²) in [6.07, 6.45) is 3.70. The van der Waals surface area contributed by atoms with Crippen LogP contribution < -0.4 is 10.2 Å². The van der Waals surface area contributed by atoms with Crippen LogP contribution >= 0.6 is 0 Å². The molecular weight excluding hydrogens is 328 g/mol. The summed E-state index contributed by atoms with van der Waals surface area (Å²) >= 11 is 0. The lowest BCUT2D eigenvalue weighted by Gasteiger charge is -2.31. The zero-order valence-electron chi connectivity index (χ0n) is 16.2. The van der Waals surface area contributed by atoms with E-state index in [1.165, 1.54) is 0 Å². The molecule has 6 heteroatoms. The van der Waals surface area contributed by atoms with Gasteiger partial charge >= 0.3 is 0 Å². The smallest absolute Gasteiger partial charge is 0.223 e. The molecule has 3 fully saturated rings. The maximum absolute atomic E-state index is 12.4. The summed E-state index contributed by atoms with van der Waals surface area (Å²) in [6.45, 7) is 10.8. The fraction of sp³-hybridized carbons (Fsp3) is 0.750. The van der Waals surface area contributed by atoms with Gasteiger partial charge in [-0.15, -0.1) is 0 Å². The van der Waals surface area contributed by atoms with Crippen molar-refractivity contribution in [2.75, 3.05) is 24.7 Å². The van der Waals surface area contributed by atoms with Crippen LogP contribution in [0.4, 0.5) is 5.82 Å². The van der Waals surface area contributed by atoms with Gasteiger partial charge < -0.3 is 15.0 Å². The number of anilines is 1. The summed E-state index contributed by atoms with van der Waals surface area (Å²) in [6, 6.07) is 2.73. The molecule has 2 saturated heterocycles. The molecule has 1 aliphatic carbocycles. The minimum absolute atomic E-state index is 0.169. The van der Waals surface area contributed by atoms with Gasteiger partial charge in [-0.3, -0.25) is 4.79 Å². The number of nitrogens with one attached hydrogen (secondary N) is 1. The predicted octanol–water partition coefficient (Wildman–Crippen LogP) is 2.36. The van der Waals surface area contributed by atoms with E-state index in [-0.39, 0.29) is 23.3 Å². The van der Waals surface area contributed by atoms with Crippen molar-refractivity contribution in [1.82, 2.24) is 15.3 Å². The molecule has 0 spiro atoms. The topological polar surface area (TPSA) is 67.4 Å². The second-order valence-corrected chi connectivity index (χ2v) is 9.11. The fourth-order valence-electron chi connectivity index (χ4n) is 4.47. The molecule has 1 saturated carbocycles. The number of amides is 1. The molecule has 26 heavy (non-hydrogen) atoms. The van der Waals surface area contributed by atoms with Crippen molar-refractivity contribution in [3.05, 3.63) is 18.1 Å². The molecule has 4 atom stereocenters. The van der Waals surface area contributed by atoms with Crippen LogP contribution in [0.2, 0.25) is 0 Å². The zero-order valence-corrected chi connectivity index (χ0v) is 16.2. The SMILES string of the molecule is CC(C)c1cc(N2C(CNC(=O)[C@H]3CC3(C)C)CC3COCC32)ncn1. The molecule has 3 unspecified atom stereocenters. The van der Waals surface area contributed by atoms with Gasteiger partial charge in [0.25, 0.3) is 0 Å². The molecule has 1 aromatic heterocycles. The van der Waals surface area contributed by atoms with Gasteiger partial charge in [0.15, 0.2) is 0 Å². The largest absolute Gasteiger partial charge is 0.379 e. The van der Waals surface area contributed by atoms with Crippen LogP contribution in [0, 0.1) is 17.3 Å². The number of nitrogens with zero attached hydrogens (tertiary/aromatic N) is 3. The summed E-state index contributed by atoms with van der Waals surface area (Å²) in [5.74, 6) is 2.23. The molecule has 0 bridgehead atoms. The van der Waals surface area contributed by atoms with Gasteiger partial charge in [-0.05, 0) is 24.2 Å². The highest BCUT2D eigenvalue weighted by Gasteiger charge is 2.51. The molecule has 3 aliphatic rings. The molecular formula is C20H30N4O2. The van der Waals surface area contributed by atoms with E-state index in [0.717, 1.165) is 37.6 Å². The average Bonchev–Trinajstić information content (AvgIpc) is 2.94. The number of aromatic nitrogens is 2. The molecule has 2 aliphatic heterocycles. The summed E-state index contributed by atoms with van der Waals surface area (Å²) in [5.41, 5.74) is 1.22. The van der Waals surface area contributed by atoms with Crippen molar-refractivity contribution in [1.29, 1.82) is 0 Å². The average molecular weight is 358 g/mol. The summed E-state index contributed by atoms with van der Waals surface area (Å²) in [5, 5.41) is 3.20. The lowest BCUT2D eigenvalue weighted by Crippen LogP contribution is -2.45. The summed E-state index contributed by atoms with van der Waals surface area (Å²) in [7, 11) is 0. The zero-order chi connectivity index (χ0) is 18.5. The van der Waals surface area contributed by atoms with E-state index in [2.05, 4.69) is 53.9 Å². The highest BCUT2D eigenvalue weighted by atomic mass is 16.5. The van der Waals surface area contributed by atoms with E-state index in [9.17, 15) is 4.79 Å². The van der Waals surface area contributed by atoms with E-state index in [1.54, 1.807) is 6.33 Å². The summed E-state index contributed by atoms with van der Waals surface area (Å²) in [4.78, 5) is 23.8. The third-order valence-electron chi connectivity index (χ3n) is 6.36. The van der Waals surface area contributed by atoms with Crippen molar-refractivity contribution >= 4 is 11.7 Å². The molecule has 0 radical (unpaired) electrons. The van der Waals surface area contributed by atoms with Crippen molar-refractivity contribution in [3.8, 4) is 0 Å². The Hall–Kier alpha value is -1.69. The molecule has 1 amide bonds. The number of hydrogen-bond donors (Lipinski definition) is 1. The van der Waals surface area contributed by atoms with Crippen LogP contribution in [0.25, 0.3) is 0 Å². The molecule has 3 heterocycles. The highest BCUT2D eigenvalue weighted by molar-refractivity contribution is 5.82. The number of ether oxygens (including phenoxy) is 1. The molecule has 0 aromatic carbocycles. The Morgan fingerprint density at radius 3 is 2.85 bits per heavy atom. The van der Waals surface area contributed by atoms with E-state index >= 15 is 0 Å². The first kappa shape index (κ1) is 17.7. The maximum Gasteiger partial charge on any atom is 0.223 e. The van der Waals surface area contributed by atoms with Crippen LogP contribution in [0.5, 0.6) is 0 Å². The normalized spacial score (nSPS) is 32.0. The predicted molar refractivity (Wildman–Crippen MR) is 100.0 cm³/mol. The Bertz CT molecular complexity index is 690. The lowest BCUT2D eigenvalue weighted by molar-refractivity contribution is -0.123. The van der Waals surface area contributed by atoms with E-state index in [4.69, 9.17) is 4.74 Å². The number of carbonyl (C=O) groups excluding carboxylic acids is 1. The molecule has 1 N–H and O–H groups in total. The molecule has 6 nitrogen and oxygen atoms in total. The number of rotatable bonds is 5. The van der Waals surface area contributed by atoms with Crippen LogP contribution in [0.15, 0.2) is 12.4 Å². The van der Waals surface area contributed by atoms with Crippen LogP contribution in [0.1, 0.15) is 52.1 Å². The first-order chi connectivity index (χ1) is 12.4. The first-order valence-corrected chi connectivity index (χ1v) is 9.82. The van der Waals surface area contributed by atoms with E-state index < -0.39 is 0 Å². The van der Waals surface area contributed by atoms with E-state index in [0.29, 0.717) is 24.4 Å². The Kier molecular flexibility index (Phi) is 4.41. The van der Waals surface area contributed by atoms with Crippen LogP contribution in [-0.2, 0) is 9.53 Å². The van der Waals surface area contributed by atoms with Gasteiger partial charge in [0.05, 0.1) is 19.3 Å². The van der Waals surface area contributed by atoms with Gasteiger partial charge in [0.2, 0.25) is 5.91 Å². The second kappa shape index (κ2) is 6.48. The highest BCUT2D eigenvalue weighted by Crippen LogP contribution is 2.51. The van der Waals surface area contributed by atoms with Crippen molar-refractivity contribution in [3.63, 3.8) is 0 Å². The van der Waals surface area contributed by atoms with Crippen molar-refractivity contribution in [2.45, 2.75) is 58.5 Å². The van der Waals surface area contributed by atoms with Gasteiger partial charge in [0, 0.05) is 36.2 Å². The molecule has 1 aromatic rings. The Balaban J connectivity index is 1.50. The second-order valence-electron chi connectivity index (χ2n) is 9.11. The maximum atomic E-state index is 12.4. The van der Waals surface area contributed by atoms with Gasteiger partial charge in [-0.1, -0.05) is 27.7 Å². The Labute approximate surface area is 155 Å². The summed E-state index contributed by atoms with van der Waals surface area (Å²) < 4.78 is 5.72. The standard InChI is InChI=1S/C20H30N4O2/c1-12(2)16-6-18(23-11-22-16)24-14(5-13-9-26-10-17(13)24)8-21-19(25)15-7-20(15,3)4/h6,11-15,17H,5,7-10H2,1-4H3,(H,21,25)/t13?,14?,15-,17?/m1/s1. The third kappa shape index (κ3) is 3.20. The Morgan fingerprint density at radius 1 is 1.38 bits per heavy atom. The molecule has 142 valence electrons. The Morgan fingerprint density at radius 2 is 2.15 bits per heavy atom. The quantitative estimate of drug-likeness (QED) is 0.875. The molecule has 4 rings (SSSR count). The lowest BCUT2D eigenvalue weighted by atomic mass is 10.0. The van der Waals surface area contributed by atoms with Gasteiger partial charge in [-0.2, -0.15) is 0 Å². The number of fused-ring (bicyclic) bond motifs is 1. The minimum atomic E-state index is 0.169. The van der Waals surface area contributed by atoms with Crippen LogP contribution in [0.3, 0.4) is 0 Å². The number of hydrogen-bond acceptors (Lipinski definition) is 5. The van der Waals surface area contributed by atoms with E-state index in [1.807, 2.05) is 0 Å². The van der Waals surface area contributed by atoms with Crippen molar-refractivity contribution in [2.24, 2.45) is 17.3 Å². The van der Waals surface area contributed by atoms with Crippen LogP contribution in [-0.4, -0.2) is 47.7 Å². The first-order valence-electron chi connectivity index (χ1n) is 9.82.